The summed E-state index contributed by atoms with van der Waals surface area (Å²) in [6.45, 7) is 0. The van der Waals surface area contributed by atoms with Crippen molar-refractivity contribution in [3.63, 3.8) is 0 Å². The summed E-state index contributed by atoms with van der Waals surface area (Å²) in [7, 11) is 0. The molecule has 3 N–H and O–H groups in total. The van der Waals surface area contributed by atoms with Crippen LogP contribution in [0, 0.1) is 0 Å². The molecule has 1 rings (SSSR count). The molecule has 0 aliphatic rings. The van der Waals surface area contributed by atoms with Crippen LogP contribution >= 0.6 is 0 Å². The second-order valence-electron chi connectivity index (χ2n) is 1.93. The number of nitrogens with two attached hydrogens (primary N) is 1. The van der Waals surface area contributed by atoms with E-state index < -0.39 is 5.91 Å². The Balaban J connectivity index is 2.91. The highest BCUT2D eigenvalue weighted by atomic mass is 16.2. The highest BCUT2D eigenvalue weighted by Crippen LogP contribution is 1.91. The number of carbonyl (C=O) groups is 2. The fourth-order valence-electron chi connectivity index (χ4n) is 0.581. The second-order valence-corrected chi connectivity index (χ2v) is 1.93. The molecule has 0 fully saturated rings. The Kier molecular flexibility index (Phi) is 2.44. The van der Waals surface area contributed by atoms with Gasteiger partial charge >= 0.3 is 5.91 Å². The van der Waals surface area contributed by atoms with Crippen molar-refractivity contribution in [1.82, 2.24) is 15.4 Å². The lowest BCUT2D eigenvalue weighted by Crippen LogP contribution is -2.31. The van der Waals surface area contributed by atoms with Crippen LogP contribution in [-0.4, -0.2) is 22.2 Å². The first-order chi connectivity index (χ1) is 5.77. The molecule has 0 atom stereocenters. The van der Waals surface area contributed by atoms with Crippen LogP contribution in [0.1, 0.15) is 21.0 Å². The Labute approximate surface area is 67.8 Å². The molecule has 0 unspecified atom stereocenters. The smallest absolute Gasteiger partial charge is 0.298 e. The first kappa shape index (κ1) is 8.28. The number of aromatic nitrogens is 2. The van der Waals surface area contributed by atoms with Gasteiger partial charge in [0.15, 0.2) is 6.29 Å². The summed E-state index contributed by atoms with van der Waals surface area (Å²) < 4.78 is 0. The van der Waals surface area contributed by atoms with Crippen LogP contribution in [0.4, 0.5) is 0 Å². The van der Waals surface area contributed by atoms with Gasteiger partial charge in [0.05, 0.1) is 5.56 Å². The van der Waals surface area contributed by atoms with E-state index in [1.807, 2.05) is 5.43 Å². The molecule has 62 valence electrons. The molecule has 12 heavy (non-hydrogen) atoms. The third-order valence-corrected chi connectivity index (χ3v) is 1.14. The molecule has 0 bridgehead atoms. The fourth-order valence-corrected chi connectivity index (χ4v) is 0.581. The van der Waals surface area contributed by atoms with E-state index in [2.05, 4.69) is 9.97 Å². The summed E-state index contributed by atoms with van der Waals surface area (Å²) in [5, 5.41) is 0. The van der Waals surface area contributed by atoms with Crippen LogP contribution in [0.5, 0.6) is 0 Å². The topological polar surface area (TPSA) is 98.0 Å². The lowest BCUT2D eigenvalue weighted by molar-refractivity contribution is 0.0942. The quantitative estimate of drug-likeness (QED) is 0.251. The van der Waals surface area contributed by atoms with Gasteiger partial charge in [0.2, 0.25) is 5.82 Å². The SMILES string of the molecule is NNC(=O)c1ncc(C=O)cn1. The zero-order valence-electron chi connectivity index (χ0n) is 6.02. The maximum absolute atomic E-state index is 10.8. The van der Waals surface area contributed by atoms with Gasteiger partial charge in [-0.05, 0) is 0 Å². The Morgan fingerprint density at radius 2 is 2.08 bits per heavy atom. The number of nitrogens with one attached hydrogen (secondary N) is 1. The average molecular weight is 166 g/mol. The number of hydrazine groups is 1. The van der Waals surface area contributed by atoms with Gasteiger partial charge in [0.25, 0.3) is 0 Å². The van der Waals surface area contributed by atoms with Gasteiger partial charge in [0, 0.05) is 12.4 Å². The third kappa shape index (κ3) is 1.61. The van der Waals surface area contributed by atoms with E-state index in [4.69, 9.17) is 5.84 Å². The molecule has 1 aromatic heterocycles. The van der Waals surface area contributed by atoms with Gasteiger partial charge < -0.3 is 0 Å². The molecule has 1 heterocycles. The van der Waals surface area contributed by atoms with Gasteiger partial charge in [0.1, 0.15) is 0 Å². The van der Waals surface area contributed by atoms with Crippen molar-refractivity contribution in [2.24, 2.45) is 5.84 Å². The lowest BCUT2D eigenvalue weighted by Gasteiger charge is -1.95. The van der Waals surface area contributed by atoms with E-state index in [9.17, 15) is 9.59 Å². The van der Waals surface area contributed by atoms with E-state index in [1.165, 1.54) is 12.4 Å². The minimum Gasteiger partial charge on any atom is -0.298 e. The lowest BCUT2D eigenvalue weighted by atomic mass is 10.4. The molecule has 0 radical (unpaired) electrons. The maximum Gasteiger partial charge on any atom is 0.302 e. The van der Waals surface area contributed by atoms with Gasteiger partial charge in [-0.15, -0.1) is 0 Å². The van der Waals surface area contributed by atoms with Gasteiger partial charge in [-0.3, -0.25) is 15.0 Å². The van der Waals surface area contributed by atoms with Gasteiger partial charge in [-0.25, -0.2) is 15.8 Å². The molecule has 0 aliphatic carbocycles. The summed E-state index contributed by atoms with van der Waals surface area (Å²) >= 11 is 0. The largest absolute Gasteiger partial charge is 0.302 e. The highest BCUT2D eigenvalue weighted by Gasteiger charge is 2.05. The predicted molar refractivity (Wildman–Crippen MR) is 39.1 cm³/mol. The summed E-state index contributed by atoms with van der Waals surface area (Å²) in [5.41, 5.74) is 2.18. The fraction of sp³-hybridized carbons (Fsp3) is 0. The number of nitrogen functional groups attached to an aromatic ring is 1. The average Bonchev–Trinajstić information content (AvgIpc) is 2.17. The Morgan fingerprint density at radius 3 is 2.50 bits per heavy atom. The molecular formula is C6H6N4O2. The molecule has 6 nitrogen and oxygen atoms in total. The van der Waals surface area contributed by atoms with Crippen LogP contribution in [0.2, 0.25) is 0 Å². The van der Waals surface area contributed by atoms with Gasteiger partial charge in [-0.1, -0.05) is 0 Å². The number of rotatable bonds is 2. The number of nitrogens with zero attached hydrogens (tertiary/aromatic N) is 2. The first-order valence-electron chi connectivity index (χ1n) is 3.06. The van der Waals surface area contributed by atoms with E-state index in [-0.39, 0.29) is 5.82 Å². The van der Waals surface area contributed by atoms with Crippen molar-refractivity contribution in [1.29, 1.82) is 0 Å². The first-order valence-corrected chi connectivity index (χ1v) is 3.06. The molecule has 0 aliphatic heterocycles. The van der Waals surface area contributed by atoms with Crippen LogP contribution < -0.4 is 11.3 Å². The van der Waals surface area contributed by atoms with E-state index in [1.54, 1.807) is 0 Å². The Hall–Kier alpha value is -1.82. The normalized spacial score (nSPS) is 9.08. The molecule has 6 heteroatoms. The van der Waals surface area contributed by atoms with Crippen LogP contribution in [0.25, 0.3) is 0 Å². The Morgan fingerprint density at radius 1 is 1.50 bits per heavy atom. The standard InChI is InChI=1S/C6H6N4O2/c7-10-6(12)5-8-1-4(3-11)2-9-5/h1-3H,7H2,(H,10,12). The van der Waals surface area contributed by atoms with Crippen LogP contribution in [0.15, 0.2) is 12.4 Å². The Bertz CT molecular complexity index is 295. The second kappa shape index (κ2) is 3.54. The third-order valence-electron chi connectivity index (χ3n) is 1.14. The van der Waals surface area contributed by atoms with Crippen molar-refractivity contribution in [2.45, 2.75) is 0 Å². The predicted octanol–water partition coefficient (Wildman–Crippen LogP) is -1.11. The zero-order chi connectivity index (χ0) is 8.97. The highest BCUT2D eigenvalue weighted by molar-refractivity contribution is 5.90. The minimum atomic E-state index is -0.590. The van der Waals surface area contributed by atoms with Crippen molar-refractivity contribution in [3.05, 3.63) is 23.8 Å². The molecule has 1 aromatic rings. The maximum atomic E-state index is 10.8. The molecular weight excluding hydrogens is 160 g/mol. The minimum absolute atomic E-state index is 0.0666. The summed E-state index contributed by atoms with van der Waals surface area (Å²) in [6.07, 6.45) is 3.07. The zero-order valence-corrected chi connectivity index (χ0v) is 6.02. The van der Waals surface area contributed by atoms with Crippen molar-refractivity contribution in [2.75, 3.05) is 0 Å². The molecule has 1 amide bonds. The van der Waals surface area contributed by atoms with Crippen molar-refractivity contribution < 1.29 is 9.59 Å². The summed E-state index contributed by atoms with van der Waals surface area (Å²) in [6, 6.07) is 0. The van der Waals surface area contributed by atoms with E-state index >= 15 is 0 Å². The van der Waals surface area contributed by atoms with E-state index in [0.29, 0.717) is 11.8 Å². The van der Waals surface area contributed by atoms with Crippen molar-refractivity contribution >= 4 is 12.2 Å². The number of hydrogen-bond donors (Lipinski definition) is 2. The molecule has 0 saturated carbocycles. The number of hydrogen-bond acceptors (Lipinski definition) is 5. The summed E-state index contributed by atoms with van der Waals surface area (Å²) in [5.74, 6) is 4.17. The molecule has 0 saturated heterocycles. The van der Waals surface area contributed by atoms with Gasteiger partial charge in [-0.2, -0.15) is 0 Å². The monoisotopic (exact) mass is 166 g/mol. The number of aldehydes is 1. The number of carbonyl (C=O) groups excluding carboxylic acids is 2. The van der Waals surface area contributed by atoms with Crippen LogP contribution in [0.3, 0.4) is 0 Å². The molecule has 0 aromatic carbocycles. The molecule has 0 spiro atoms. The van der Waals surface area contributed by atoms with Crippen molar-refractivity contribution in [3.8, 4) is 0 Å². The van der Waals surface area contributed by atoms with Crippen LogP contribution in [-0.2, 0) is 0 Å². The van der Waals surface area contributed by atoms with E-state index in [0.717, 1.165) is 0 Å². The number of amides is 1. The summed E-state index contributed by atoms with van der Waals surface area (Å²) in [4.78, 5) is 28.1.